The fourth-order valence-electron chi connectivity index (χ4n) is 1.55. The number of halogens is 1. The largest absolute Gasteiger partial charge is 0.496 e. The van der Waals surface area contributed by atoms with E-state index in [-0.39, 0.29) is 5.82 Å². The lowest BCUT2D eigenvalue weighted by Crippen LogP contribution is -2.25. The van der Waals surface area contributed by atoms with E-state index in [4.69, 9.17) is 4.74 Å². The van der Waals surface area contributed by atoms with Crippen LogP contribution < -0.4 is 5.32 Å². The number of aliphatic hydroxyl groups is 1. The number of benzene rings is 1. The molecule has 1 aromatic rings. The molecule has 2 rings (SSSR count). The van der Waals surface area contributed by atoms with Crippen molar-refractivity contribution in [2.45, 2.75) is 6.23 Å². The molecule has 0 aliphatic carbocycles. The molecule has 1 aromatic carbocycles. The molecule has 1 heterocycles. The average Bonchev–Trinajstić information content (AvgIpc) is 2.30. The Morgan fingerprint density at radius 3 is 2.62 bits per heavy atom. The monoisotopic (exact) mass is 221 g/mol. The van der Waals surface area contributed by atoms with Gasteiger partial charge in [-0.15, -0.1) is 0 Å². The SMILES string of the molecule is COC1=CC(O)NC=C1c1ccc(F)cc1. The van der Waals surface area contributed by atoms with Crippen molar-refractivity contribution in [2.24, 2.45) is 0 Å². The molecule has 1 atom stereocenters. The van der Waals surface area contributed by atoms with Gasteiger partial charge in [0.15, 0.2) is 0 Å². The van der Waals surface area contributed by atoms with Crippen molar-refractivity contribution in [3.63, 3.8) is 0 Å². The van der Waals surface area contributed by atoms with Gasteiger partial charge in [-0.25, -0.2) is 4.39 Å². The van der Waals surface area contributed by atoms with Gasteiger partial charge in [-0.3, -0.25) is 0 Å². The fraction of sp³-hybridized carbons (Fsp3) is 0.167. The van der Waals surface area contributed by atoms with E-state index in [1.165, 1.54) is 19.2 Å². The van der Waals surface area contributed by atoms with Gasteiger partial charge in [0.1, 0.15) is 17.8 Å². The zero-order valence-corrected chi connectivity index (χ0v) is 8.77. The normalized spacial score (nSPS) is 19.6. The molecule has 0 saturated carbocycles. The summed E-state index contributed by atoms with van der Waals surface area (Å²) in [6.45, 7) is 0. The second-order valence-electron chi connectivity index (χ2n) is 3.41. The number of hydrogen-bond donors (Lipinski definition) is 2. The van der Waals surface area contributed by atoms with Crippen LogP contribution in [0.25, 0.3) is 5.57 Å². The highest BCUT2D eigenvalue weighted by Gasteiger charge is 2.15. The molecule has 3 nitrogen and oxygen atoms in total. The smallest absolute Gasteiger partial charge is 0.147 e. The minimum Gasteiger partial charge on any atom is -0.496 e. The Morgan fingerprint density at radius 1 is 1.31 bits per heavy atom. The van der Waals surface area contributed by atoms with E-state index in [9.17, 15) is 9.50 Å². The summed E-state index contributed by atoms with van der Waals surface area (Å²) in [6, 6.07) is 6.09. The summed E-state index contributed by atoms with van der Waals surface area (Å²) < 4.78 is 17.9. The average molecular weight is 221 g/mol. The lowest BCUT2D eigenvalue weighted by atomic mass is 10.0. The van der Waals surface area contributed by atoms with Crippen LogP contribution in [0.5, 0.6) is 0 Å². The lowest BCUT2D eigenvalue weighted by Gasteiger charge is -2.19. The van der Waals surface area contributed by atoms with E-state index in [0.29, 0.717) is 5.76 Å². The van der Waals surface area contributed by atoms with Crippen molar-refractivity contribution in [2.75, 3.05) is 7.11 Å². The zero-order chi connectivity index (χ0) is 11.5. The maximum atomic E-state index is 12.8. The van der Waals surface area contributed by atoms with Crippen LogP contribution in [-0.4, -0.2) is 18.4 Å². The molecular formula is C12H12FNO2. The highest BCUT2D eigenvalue weighted by atomic mass is 19.1. The minimum absolute atomic E-state index is 0.281. The quantitative estimate of drug-likeness (QED) is 0.797. The summed E-state index contributed by atoms with van der Waals surface area (Å²) in [5.74, 6) is 0.286. The molecule has 1 aliphatic rings. The molecule has 0 fully saturated rings. The van der Waals surface area contributed by atoms with Crippen LogP contribution in [0.15, 0.2) is 42.3 Å². The van der Waals surface area contributed by atoms with Crippen LogP contribution in [0.2, 0.25) is 0 Å². The van der Waals surface area contributed by atoms with E-state index in [2.05, 4.69) is 5.32 Å². The lowest BCUT2D eigenvalue weighted by molar-refractivity contribution is 0.190. The third-order valence-corrected chi connectivity index (χ3v) is 2.35. The number of aliphatic hydroxyl groups excluding tert-OH is 1. The van der Waals surface area contributed by atoms with Gasteiger partial charge in [-0.1, -0.05) is 12.1 Å². The molecule has 0 aromatic heterocycles. The number of hydrogen-bond acceptors (Lipinski definition) is 3. The van der Waals surface area contributed by atoms with E-state index >= 15 is 0 Å². The molecule has 0 amide bonds. The topological polar surface area (TPSA) is 41.5 Å². The first-order chi connectivity index (χ1) is 7.70. The molecule has 1 aliphatic heterocycles. The Kier molecular flexibility index (Phi) is 2.92. The van der Waals surface area contributed by atoms with Crippen LogP contribution in [0, 0.1) is 5.82 Å². The molecule has 1 unspecified atom stereocenters. The van der Waals surface area contributed by atoms with Crippen LogP contribution in [0.1, 0.15) is 5.56 Å². The van der Waals surface area contributed by atoms with E-state index < -0.39 is 6.23 Å². The van der Waals surface area contributed by atoms with Crippen molar-refractivity contribution in [1.29, 1.82) is 0 Å². The molecule has 2 N–H and O–H groups in total. The number of methoxy groups -OCH3 is 1. The standard InChI is InChI=1S/C12H12FNO2/c1-16-11-6-12(15)14-7-10(11)8-2-4-9(13)5-3-8/h2-7,12,14-15H,1H3. The molecule has 16 heavy (non-hydrogen) atoms. The first-order valence-electron chi connectivity index (χ1n) is 4.87. The van der Waals surface area contributed by atoms with Gasteiger partial charge in [0.2, 0.25) is 0 Å². The third kappa shape index (κ3) is 2.06. The summed E-state index contributed by atoms with van der Waals surface area (Å²) in [6.07, 6.45) is 2.45. The van der Waals surface area contributed by atoms with Crippen LogP contribution in [-0.2, 0) is 4.74 Å². The molecule has 0 saturated heterocycles. The second-order valence-corrected chi connectivity index (χ2v) is 3.41. The van der Waals surface area contributed by atoms with Crippen LogP contribution in [0.3, 0.4) is 0 Å². The predicted octanol–water partition coefficient (Wildman–Crippen LogP) is 1.62. The summed E-state index contributed by atoms with van der Waals surface area (Å²) in [7, 11) is 1.53. The number of allylic oxidation sites excluding steroid dienone is 1. The summed E-state index contributed by atoms with van der Waals surface area (Å²) in [5.41, 5.74) is 1.61. The van der Waals surface area contributed by atoms with Gasteiger partial charge in [0.25, 0.3) is 0 Å². The molecule has 4 heteroatoms. The molecule has 84 valence electrons. The Hall–Kier alpha value is -1.81. The van der Waals surface area contributed by atoms with Gasteiger partial charge >= 0.3 is 0 Å². The van der Waals surface area contributed by atoms with Crippen molar-refractivity contribution < 1.29 is 14.2 Å². The number of dihydropyridines is 1. The molecule has 0 spiro atoms. The van der Waals surface area contributed by atoms with Crippen molar-refractivity contribution in [3.8, 4) is 0 Å². The maximum absolute atomic E-state index is 12.8. The number of ether oxygens (including phenoxy) is 1. The zero-order valence-electron chi connectivity index (χ0n) is 8.77. The second kappa shape index (κ2) is 4.37. The molecule has 0 bridgehead atoms. The van der Waals surface area contributed by atoms with Crippen molar-refractivity contribution >= 4 is 5.57 Å². The predicted molar refractivity (Wildman–Crippen MR) is 58.6 cm³/mol. The minimum atomic E-state index is -0.751. The van der Waals surface area contributed by atoms with Crippen molar-refractivity contribution in [1.82, 2.24) is 5.32 Å². The molecule has 0 radical (unpaired) electrons. The van der Waals surface area contributed by atoms with Gasteiger partial charge in [0.05, 0.1) is 7.11 Å². The molecular weight excluding hydrogens is 209 g/mol. The summed E-state index contributed by atoms with van der Waals surface area (Å²) in [5, 5.41) is 12.1. The van der Waals surface area contributed by atoms with Gasteiger partial charge in [0, 0.05) is 17.8 Å². The third-order valence-electron chi connectivity index (χ3n) is 2.35. The Morgan fingerprint density at radius 2 is 2.00 bits per heavy atom. The van der Waals surface area contributed by atoms with E-state index in [0.717, 1.165) is 11.1 Å². The first-order valence-corrected chi connectivity index (χ1v) is 4.87. The Labute approximate surface area is 92.9 Å². The number of rotatable bonds is 2. The number of nitrogens with one attached hydrogen (secondary N) is 1. The van der Waals surface area contributed by atoms with Crippen molar-refractivity contribution in [3.05, 3.63) is 53.7 Å². The van der Waals surface area contributed by atoms with Gasteiger partial charge in [-0.2, -0.15) is 0 Å². The highest BCUT2D eigenvalue weighted by molar-refractivity contribution is 5.77. The van der Waals surface area contributed by atoms with E-state index in [1.54, 1.807) is 24.4 Å². The maximum Gasteiger partial charge on any atom is 0.147 e. The fourth-order valence-corrected chi connectivity index (χ4v) is 1.55. The highest BCUT2D eigenvalue weighted by Crippen LogP contribution is 2.25. The Bertz CT molecular complexity index is 437. The van der Waals surface area contributed by atoms with Crippen LogP contribution >= 0.6 is 0 Å². The van der Waals surface area contributed by atoms with E-state index in [1.807, 2.05) is 0 Å². The van der Waals surface area contributed by atoms with Gasteiger partial charge < -0.3 is 15.2 Å². The summed E-state index contributed by atoms with van der Waals surface area (Å²) >= 11 is 0. The first kappa shape index (κ1) is 10.7. The van der Waals surface area contributed by atoms with Gasteiger partial charge in [-0.05, 0) is 17.7 Å². The van der Waals surface area contributed by atoms with Crippen LogP contribution in [0.4, 0.5) is 4.39 Å². The summed E-state index contributed by atoms with van der Waals surface area (Å²) in [4.78, 5) is 0. The Balaban J connectivity index is 2.34.